The number of rotatable bonds is 6. The van der Waals surface area contributed by atoms with Crippen LogP contribution in [0.25, 0.3) is 0 Å². The maximum atomic E-state index is 12.3. The molecule has 5 heteroatoms. The van der Waals surface area contributed by atoms with Crippen LogP contribution in [0.5, 0.6) is 0 Å². The number of carbonyl (C=O) groups is 1. The zero-order chi connectivity index (χ0) is 13.7. The van der Waals surface area contributed by atoms with Gasteiger partial charge in [0.25, 0.3) is 5.91 Å². The summed E-state index contributed by atoms with van der Waals surface area (Å²) in [6, 6.07) is 0. The minimum atomic E-state index is -0.00931. The number of anilines is 1. The zero-order valence-corrected chi connectivity index (χ0v) is 11.7. The highest BCUT2D eigenvalue weighted by Gasteiger charge is 2.24. The summed E-state index contributed by atoms with van der Waals surface area (Å²) >= 11 is 0. The molecule has 0 bridgehead atoms. The summed E-state index contributed by atoms with van der Waals surface area (Å²) in [6.07, 6.45) is 6.97. The summed E-state index contributed by atoms with van der Waals surface area (Å²) in [6.45, 7) is 6.39. The molecule has 1 aromatic rings. The predicted molar refractivity (Wildman–Crippen MR) is 75.1 cm³/mol. The Balaban J connectivity index is 1.99. The van der Waals surface area contributed by atoms with E-state index in [9.17, 15) is 4.79 Å². The monoisotopic (exact) mass is 262 g/mol. The molecule has 0 saturated heterocycles. The van der Waals surface area contributed by atoms with Gasteiger partial charge in [-0.15, -0.1) is 0 Å². The molecule has 0 aliphatic heterocycles. The van der Waals surface area contributed by atoms with Gasteiger partial charge >= 0.3 is 0 Å². The normalized spacial score (nSPS) is 14.8. The Kier molecular flexibility index (Phi) is 4.71. The quantitative estimate of drug-likeness (QED) is 0.853. The lowest BCUT2D eigenvalue weighted by molar-refractivity contribution is 0.0700. The second-order valence-electron chi connectivity index (χ2n) is 4.96. The van der Waals surface area contributed by atoms with E-state index >= 15 is 0 Å². The number of hydrogen-bond acceptors (Lipinski definition) is 4. The molecular formula is C14H22N4O. The number of carbonyl (C=O) groups excluding carboxylic acids is 1. The van der Waals surface area contributed by atoms with Crippen molar-refractivity contribution in [2.24, 2.45) is 5.92 Å². The van der Waals surface area contributed by atoms with E-state index in [4.69, 9.17) is 0 Å². The van der Waals surface area contributed by atoms with Crippen molar-refractivity contribution in [3.8, 4) is 0 Å². The van der Waals surface area contributed by atoms with E-state index < -0.39 is 0 Å². The molecule has 1 saturated carbocycles. The summed E-state index contributed by atoms with van der Waals surface area (Å²) in [4.78, 5) is 22.6. The van der Waals surface area contributed by atoms with Crippen molar-refractivity contribution in [3.63, 3.8) is 0 Å². The molecule has 5 nitrogen and oxygen atoms in total. The van der Waals surface area contributed by atoms with E-state index in [-0.39, 0.29) is 5.91 Å². The van der Waals surface area contributed by atoms with Crippen LogP contribution in [0, 0.1) is 5.92 Å². The average molecular weight is 262 g/mol. The highest BCUT2D eigenvalue weighted by atomic mass is 16.2. The Morgan fingerprint density at radius 2 is 2.16 bits per heavy atom. The lowest BCUT2D eigenvalue weighted by Crippen LogP contribution is -2.37. The molecule has 19 heavy (non-hydrogen) atoms. The third-order valence-corrected chi connectivity index (χ3v) is 3.60. The molecule has 1 amide bonds. The fourth-order valence-electron chi connectivity index (χ4n) is 2.22. The van der Waals surface area contributed by atoms with E-state index in [0.29, 0.717) is 17.4 Å². The van der Waals surface area contributed by atoms with Crippen molar-refractivity contribution in [2.75, 3.05) is 25.0 Å². The molecule has 1 heterocycles. The summed E-state index contributed by atoms with van der Waals surface area (Å²) in [5.74, 6) is 1.38. The van der Waals surface area contributed by atoms with Crippen LogP contribution in [0.3, 0.4) is 0 Å². The molecule has 104 valence electrons. The first-order chi connectivity index (χ1) is 9.24. The fraction of sp³-hybridized carbons (Fsp3) is 0.643. The lowest BCUT2D eigenvalue weighted by Gasteiger charge is -2.31. The number of nitrogens with zero attached hydrogens (tertiary/aromatic N) is 3. The van der Waals surface area contributed by atoms with Gasteiger partial charge in [0.2, 0.25) is 0 Å². The number of aromatic nitrogens is 2. The fourth-order valence-corrected chi connectivity index (χ4v) is 2.22. The van der Waals surface area contributed by atoms with Gasteiger partial charge in [0.05, 0.1) is 12.4 Å². The lowest BCUT2D eigenvalue weighted by atomic mass is 9.85. The van der Waals surface area contributed by atoms with Crippen LogP contribution in [-0.2, 0) is 0 Å². The highest BCUT2D eigenvalue weighted by Crippen LogP contribution is 2.27. The molecular weight excluding hydrogens is 240 g/mol. The molecule has 0 atom stereocenters. The smallest absolute Gasteiger partial charge is 0.274 e. The maximum absolute atomic E-state index is 12.3. The Morgan fingerprint density at radius 1 is 1.37 bits per heavy atom. The van der Waals surface area contributed by atoms with Crippen molar-refractivity contribution >= 4 is 11.7 Å². The first-order valence-electron chi connectivity index (χ1n) is 7.09. The van der Waals surface area contributed by atoms with Gasteiger partial charge in [0.15, 0.2) is 0 Å². The summed E-state index contributed by atoms with van der Waals surface area (Å²) < 4.78 is 0. The van der Waals surface area contributed by atoms with E-state index in [0.717, 1.165) is 19.6 Å². The minimum absolute atomic E-state index is 0.00931. The Morgan fingerprint density at radius 3 is 2.63 bits per heavy atom. The molecule has 1 aliphatic rings. The van der Waals surface area contributed by atoms with Crippen molar-refractivity contribution in [1.29, 1.82) is 0 Å². The molecule has 1 aliphatic carbocycles. The van der Waals surface area contributed by atoms with Crippen LogP contribution < -0.4 is 5.32 Å². The number of nitrogens with one attached hydrogen (secondary N) is 1. The number of amides is 1. The Hall–Kier alpha value is -1.65. The zero-order valence-electron chi connectivity index (χ0n) is 11.7. The first-order valence-corrected chi connectivity index (χ1v) is 7.09. The Labute approximate surface area is 114 Å². The van der Waals surface area contributed by atoms with Crippen LogP contribution in [0.2, 0.25) is 0 Å². The topological polar surface area (TPSA) is 58.1 Å². The summed E-state index contributed by atoms with van der Waals surface area (Å²) in [7, 11) is 0. The van der Waals surface area contributed by atoms with Crippen LogP contribution in [0.4, 0.5) is 5.82 Å². The summed E-state index contributed by atoms with van der Waals surface area (Å²) in [5.41, 5.74) is 0.433. The molecule has 0 radical (unpaired) electrons. The van der Waals surface area contributed by atoms with Crippen LogP contribution in [-0.4, -0.2) is 40.4 Å². The van der Waals surface area contributed by atoms with E-state index in [2.05, 4.69) is 15.3 Å². The van der Waals surface area contributed by atoms with Gasteiger partial charge < -0.3 is 10.2 Å². The third-order valence-electron chi connectivity index (χ3n) is 3.60. The highest BCUT2D eigenvalue weighted by molar-refractivity contribution is 5.92. The summed E-state index contributed by atoms with van der Waals surface area (Å²) in [5, 5.41) is 3.07. The second-order valence-corrected chi connectivity index (χ2v) is 4.96. The Bertz CT molecular complexity index is 414. The minimum Gasteiger partial charge on any atom is -0.369 e. The standard InChI is InChI=1S/C14H22N4O/c1-3-15-13-9-16-12(8-17-13)14(19)18(4-2)10-11-6-5-7-11/h8-9,11H,3-7,10H2,1-2H3,(H,15,17). The molecule has 1 fully saturated rings. The van der Waals surface area contributed by atoms with Gasteiger partial charge in [0.1, 0.15) is 11.5 Å². The first kappa shape index (κ1) is 13.8. The van der Waals surface area contributed by atoms with Crippen LogP contribution in [0.1, 0.15) is 43.6 Å². The molecule has 1 aromatic heterocycles. The molecule has 0 spiro atoms. The molecule has 0 unspecified atom stereocenters. The van der Waals surface area contributed by atoms with Crippen molar-refractivity contribution in [2.45, 2.75) is 33.1 Å². The van der Waals surface area contributed by atoms with Crippen LogP contribution >= 0.6 is 0 Å². The van der Waals surface area contributed by atoms with Crippen LogP contribution in [0.15, 0.2) is 12.4 Å². The third kappa shape index (κ3) is 3.43. The predicted octanol–water partition coefficient (Wildman–Crippen LogP) is 2.17. The average Bonchev–Trinajstić information content (AvgIpc) is 2.38. The second kappa shape index (κ2) is 6.50. The largest absolute Gasteiger partial charge is 0.369 e. The number of hydrogen-bond donors (Lipinski definition) is 1. The van der Waals surface area contributed by atoms with E-state index in [1.165, 1.54) is 19.3 Å². The van der Waals surface area contributed by atoms with Crippen molar-refractivity contribution < 1.29 is 4.79 Å². The van der Waals surface area contributed by atoms with Gasteiger partial charge in [-0.2, -0.15) is 0 Å². The van der Waals surface area contributed by atoms with Gasteiger partial charge in [0, 0.05) is 19.6 Å². The molecule has 2 rings (SSSR count). The van der Waals surface area contributed by atoms with E-state index in [1.54, 1.807) is 12.4 Å². The van der Waals surface area contributed by atoms with Gasteiger partial charge in [-0.1, -0.05) is 6.42 Å². The van der Waals surface area contributed by atoms with E-state index in [1.807, 2.05) is 18.7 Å². The van der Waals surface area contributed by atoms with Crippen molar-refractivity contribution in [1.82, 2.24) is 14.9 Å². The SMILES string of the molecule is CCNc1cnc(C(=O)N(CC)CC2CCC2)cn1. The molecule has 1 N–H and O–H groups in total. The van der Waals surface area contributed by atoms with Gasteiger partial charge in [-0.25, -0.2) is 9.97 Å². The van der Waals surface area contributed by atoms with Crippen molar-refractivity contribution in [3.05, 3.63) is 18.1 Å². The van der Waals surface area contributed by atoms with Gasteiger partial charge in [-0.3, -0.25) is 4.79 Å². The maximum Gasteiger partial charge on any atom is 0.274 e. The van der Waals surface area contributed by atoms with Gasteiger partial charge in [-0.05, 0) is 32.6 Å². The molecule has 0 aromatic carbocycles.